The van der Waals surface area contributed by atoms with Gasteiger partial charge in [-0.1, -0.05) is 36.4 Å². The molecule has 0 aromatic heterocycles. The number of nitrogens with zero attached hydrogens (tertiary/aromatic N) is 2. The fourth-order valence-corrected chi connectivity index (χ4v) is 3.62. The number of amides is 2. The van der Waals surface area contributed by atoms with Gasteiger partial charge in [0.1, 0.15) is 5.75 Å². The Morgan fingerprint density at radius 2 is 1.76 bits per heavy atom. The molecular weight excluding hydrogens is 364 g/mol. The summed E-state index contributed by atoms with van der Waals surface area (Å²) in [7, 11) is 3.38. The summed E-state index contributed by atoms with van der Waals surface area (Å²) in [6, 6.07) is 17.7. The first kappa shape index (κ1) is 20.9. The van der Waals surface area contributed by atoms with Crippen LogP contribution in [0.3, 0.4) is 0 Å². The van der Waals surface area contributed by atoms with Crippen molar-refractivity contribution in [3.8, 4) is 5.75 Å². The zero-order chi connectivity index (χ0) is 20.6. The van der Waals surface area contributed by atoms with Gasteiger partial charge in [-0.25, -0.2) is 0 Å². The van der Waals surface area contributed by atoms with Crippen molar-refractivity contribution in [3.05, 3.63) is 65.7 Å². The molecule has 1 heterocycles. The number of likely N-dealkylation sites (N-methyl/N-ethyl adjacent to an activating group) is 1. The number of piperidine rings is 1. The van der Waals surface area contributed by atoms with E-state index in [4.69, 9.17) is 4.74 Å². The van der Waals surface area contributed by atoms with Gasteiger partial charge < -0.3 is 14.5 Å². The molecule has 1 saturated heterocycles. The maximum Gasteiger partial charge on any atom is 0.259 e. The molecule has 5 heteroatoms. The monoisotopic (exact) mass is 394 g/mol. The molecule has 0 atom stereocenters. The molecule has 0 aliphatic carbocycles. The molecule has 2 aromatic rings. The van der Waals surface area contributed by atoms with Crippen molar-refractivity contribution >= 4 is 11.8 Å². The lowest BCUT2D eigenvalue weighted by atomic mass is 9.90. The highest BCUT2D eigenvalue weighted by Crippen LogP contribution is 2.24. The van der Waals surface area contributed by atoms with Gasteiger partial charge in [-0.05, 0) is 55.4 Å². The van der Waals surface area contributed by atoms with E-state index in [-0.39, 0.29) is 18.4 Å². The first-order valence-corrected chi connectivity index (χ1v) is 10.3. The Morgan fingerprint density at radius 3 is 2.45 bits per heavy atom. The van der Waals surface area contributed by atoms with Crippen LogP contribution in [0.15, 0.2) is 54.6 Å². The first-order chi connectivity index (χ1) is 14.0. The van der Waals surface area contributed by atoms with Crippen molar-refractivity contribution < 1.29 is 14.3 Å². The lowest BCUT2D eigenvalue weighted by molar-refractivity contribution is -0.130. The van der Waals surface area contributed by atoms with Gasteiger partial charge in [-0.3, -0.25) is 9.59 Å². The van der Waals surface area contributed by atoms with Crippen LogP contribution in [0, 0.1) is 5.92 Å². The SMILES string of the molecule is CN(C)C(=O)COc1cccc(C(=O)N2CCC(CCc3ccccc3)CC2)c1. The second-order valence-corrected chi connectivity index (χ2v) is 7.86. The highest BCUT2D eigenvalue weighted by atomic mass is 16.5. The molecule has 29 heavy (non-hydrogen) atoms. The summed E-state index contributed by atoms with van der Waals surface area (Å²) in [4.78, 5) is 28.0. The van der Waals surface area contributed by atoms with Crippen LogP contribution in [-0.4, -0.2) is 55.4 Å². The number of aryl methyl sites for hydroxylation is 1. The van der Waals surface area contributed by atoms with E-state index in [0.717, 1.165) is 32.4 Å². The topological polar surface area (TPSA) is 49.9 Å². The van der Waals surface area contributed by atoms with Crippen LogP contribution in [0.4, 0.5) is 0 Å². The summed E-state index contributed by atoms with van der Waals surface area (Å²) < 4.78 is 5.54. The van der Waals surface area contributed by atoms with Gasteiger partial charge in [0.2, 0.25) is 0 Å². The molecule has 2 aromatic carbocycles. The Labute approximate surface area is 173 Å². The van der Waals surface area contributed by atoms with Crippen LogP contribution in [-0.2, 0) is 11.2 Å². The molecule has 1 aliphatic heterocycles. The van der Waals surface area contributed by atoms with Gasteiger partial charge in [0.25, 0.3) is 11.8 Å². The summed E-state index contributed by atoms with van der Waals surface area (Å²) >= 11 is 0. The van der Waals surface area contributed by atoms with Crippen LogP contribution in [0.1, 0.15) is 35.2 Å². The summed E-state index contributed by atoms with van der Waals surface area (Å²) in [5.41, 5.74) is 2.00. The predicted octanol–water partition coefficient (Wildman–Crippen LogP) is 3.64. The van der Waals surface area contributed by atoms with Crippen LogP contribution in [0.2, 0.25) is 0 Å². The molecule has 1 fully saturated rings. The van der Waals surface area contributed by atoms with Crippen molar-refractivity contribution in [1.82, 2.24) is 9.80 Å². The van der Waals surface area contributed by atoms with E-state index in [1.165, 1.54) is 16.9 Å². The molecule has 0 spiro atoms. The number of rotatable bonds is 7. The van der Waals surface area contributed by atoms with Gasteiger partial charge >= 0.3 is 0 Å². The van der Waals surface area contributed by atoms with E-state index in [0.29, 0.717) is 17.2 Å². The molecule has 5 nitrogen and oxygen atoms in total. The van der Waals surface area contributed by atoms with Gasteiger partial charge in [0.15, 0.2) is 6.61 Å². The van der Waals surface area contributed by atoms with Crippen molar-refractivity contribution in [2.24, 2.45) is 5.92 Å². The Balaban J connectivity index is 1.48. The third kappa shape index (κ3) is 6.08. The smallest absolute Gasteiger partial charge is 0.259 e. The number of carbonyl (C=O) groups excluding carboxylic acids is 2. The molecule has 0 bridgehead atoms. The molecule has 0 radical (unpaired) electrons. The number of carbonyl (C=O) groups is 2. The third-order valence-corrected chi connectivity index (χ3v) is 5.53. The minimum atomic E-state index is -0.112. The average molecular weight is 395 g/mol. The Bertz CT molecular complexity index is 812. The van der Waals surface area contributed by atoms with E-state index in [9.17, 15) is 9.59 Å². The highest BCUT2D eigenvalue weighted by Gasteiger charge is 2.23. The Kier molecular flexibility index (Phi) is 7.28. The van der Waals surface area contributed by atoms with Gasteiger partial charge in [0.05, 0.1) is 0 Å². The van der Waals surface area contributed by atoms with Crippen LogP contribution >= 0.6 is 0 Å². The summed E-state index contributed by atoms with van der Waals surface area (Å²) in [6.45, 7) is 1.56. The summed E-state index contributed by atoms with van der Waals surface area (Å²) in [5.74, 6) is 1.14. The van der Waals surface area contributed by atoms with E-state index < -0.39 is 0 Å². The maximum absolute atomic E-state index is 12.9. The number of likely N-dealkylation sites (tertiary alicyclic amines) is 1. The molecule has 1 aliphatic rings. The van der Waals surface area contributed by atoms with Crippen molar-refractivity contribution in [2.45, 2.75) is 25.7 Å². The summed E-state index contributed by atoms with van der Waals surface area (Å²) in [6.07, 6.45) is 4.37. The fourth-order valence-electron chi connectivity index (χ4n) is 3.62. The summed E-state index contributed by atoms with van der Waals surface area (Å²) in [5, 5.41) is 0. The number of hydrogen-bond donors (Lipinski definition) is 0. The lowest BCUT2D eigenvalue weighted by Gasteiger charge is -2.32. The van der Waals surface area contributed by atoms with Gasteiger partial charge in [-0.2, -0.15) is 0 Å². The molecule has 0 unspecified atom stereocenters. The van der Waals surface area contributed by atoms with Crippen molar-refractivity contribution in [3.63, 3.8) is 0 Å². The van der Waals surface area contributed by atoms with Crippen LogP contribution < -0.4 is 4.74 Å². The van der Waals surface area contributed by atoms with Crippen LogP contribution in [0.25, 0.3) is 0 Å². The minimum absolute atomic E-state index is 0.0303. The average Bonchev–Trinajstić information content (AvgIpc) is 2.76. The predicted molar refractivity (Wildman–Crippen MR) is 114 cm³/mol. The van der Waals surface area contributed by atoms with Gasteiger partial charge in [-0.15, -0.1) is 0 Å². The highest BCUT2D eigenvalue weighted by molar-refractivity contribution is 5.94. The second-order valence-electron chi connectivity index (χ2n) is 7.86. The van der Waals surface area contributed by atoms with Crippen molar-refractivity contribution in [2.75, 3.05) is 33.8 Å². The third-order valence-electron chi connectivity index (χ3n) is 5.53. The Hall–Kier alpha value is -2.82. The molecular formula is C24H30N2O3. The minimum Gasteiger partial charge on any atom is -0.484 e. The van der Waals surface area contributed by atoms with E-state index >= 15 is 0 Å². The zero-order valence-corrected chi connectivity index (χ0v) is 17.3. The van der Waals surface area contributed by atoms with E-state index in [1.54, 1.807) is 32.3 Å². The fraction of sp³-hybridized carbons (Fsp3) is 0.417. The maximum atomic E-state index is 12.9. The first-order valence-electron chi connectivity index (χ1n) is 10.3. The Morgan fingerprint density at radius 1 is 1.03 bits per heavy atom. The number of hydrogen-bond acceptors (Lipinski definition) is 3. The molecule has 3 rings (SSSR count). The number of ether oxygens (including phenoxy) is 1. The van der Waals surface area contributed by atoms with E-state index in [1.807, 2.05) is 17.0 Å². The quantitative estimate of drug-likeness (QED) is 0.720. The lowest BCUT2D eigenvalue weighted by Crippen LogP contribution is -2.38. The van der Waals surface area contributed by atoms with Crippen LogP contribution in [0.5, 0.6) is 5.75 Å². The van der Waals surface area contributed by atoms with Crippen molar-refractivity contribution in [1.29, 1.82) is 0 Å². The molecule has 154 valence electrons. The second kappa shape index (κ2) is 10.1. The molecule has 2 amide bonds. The normalized spacial score (nSPS) is 14.5. The molecule has 0 N–H and O–H groups in total. The van der Waals surface area contributed by atoms with Gasteiger partial charge in [0, 0.05) is 32.7 Å². The van der Waals surface area contributed by atoms with E-state index in [2.05, 4.69) is 24.3 Å². The zero-order valence-electron chi connectivity index (χ0n) is 17.3. The number of benzene rings is 2. The molecule has 0 saturated carbocycles. The standard InChI is InChI=1S/C24H30N2O3/c1-25(2)23(27)18-29-22-10-6-9-21(17-22)24(28)26-15-13-20(14-16-26)12-11-19-7-4-3-5-8-19/h3-10,17,20H,11-16,18H2,1-2H3. The largest absolute Gasteiger partial charge is 0.484 e.